The van der Waals surface area contributed by atoms with Crippen molar-refractivity contribution in [3.8, 4) is 11.5 Å². The lowest BCUT2D eigenvalue weighted by molar-refractivity contribution is 0.227. The highest BCUT2D eigenvalue weighted by Crippen LogP contribution is 2.36. The van der Waals surface area contributed by atoms with E-state index in [0.29, 0.717) is 17.5 Å². The number of aliphatic hydroxyl groups is 2. The molecule has 1 aliphatic rings. The predicted molar refractivity (Wildman–Crippen MR) is 90.8 cm³/mol. The predicted octanol–water partition coefficient (Wildman–Crippen LogP) is 1.85. The summed E-state index contributed by atoms with van der Waals surface area (Å²) in [4.78, 5) is 2.23. The van der Waals surface area contributed by atoms with Gasteiger partial charge in [0.05, 0.1) is 13.2 Å². The minimum absolute atomic E-state index is 0.0896. The van der Waals surface area contributed by atoms with Crippen LogP contribution in [0.2, 0.25) is 0 Å². The number of phenols is 2. The maximum atomic E-state index is 10.1. The van der Waals surface area contributed by atoms with Gasteiger partial charge in [0.2, 0.25) is 0 Å². The van der Waals surface area contributed by atoms with E-state index in [1.807, 2.05) is 19.2 Å². The van der Waals surface area contributed by atoms with E-state index in [0.717, 1.165) is 29.7 Å². The molecule has 5 heteroatoms. The fourth-order valence-electron chi connectivity index (χ4n) is 3.40. The largest absolute Gasteiger partial charge is 0.508 e. The highest BCUT2D eigenvalue weighted by atomic mass is 16.3. The fraction of sp³-hybridized carbons (Fsp3) is 0.368. The number of likely N-dealkylation sites (N-methyl/N-ethyl adjacent to an activating group) is 1. The summed E-state index contributed by atoms with van der Waals surface area (Å²) in [6, 6.07) is 9.07. The maximum Gasteiger partial charge on any atom is 0.121 e. The van der Waals surface area contributed by atoms with E-state index in [2.05, 4.69) is 4.90 Å². The molecule has 2 aromatic carbocycles. The Balaban J connectivity index is 1.94. The van der Waals surface area contributed by atoms with Crippen molar-refractivity contribution < 1.29 is 20.4 Å². The van der Waals surface area contributed by atoms with Gasteiger partial charge in [-0.2, -0.15) is 0 Å². The Bertz CT molecular complexity index is 744. The zero-order chi connectivity index (χ0) is 17.3. The third-order valence-corrected chi connectivity index (χ3v) is 4.88. The van der Waals surface area contributed by atoms with Crippen molar-refractivity contribution in [2.24, 2.45) is 0 Å². The van der Waals surface area contributed by atoms with Crippen LogP contribution in [-0.2, 0) is 26.1 Å². The van der Waals surface area contributed by atoms with E-state index >= 15 is 0 Å². The van der Waals surface area contributed by atoms with E-state index in [9.17, 15) is 15.3 Å². The topological polar surface area (TPSA) is 84.2 Å². The molecule has 2 aromatic rings. The Morgan fingerprint density at radius 3 is 2.38 bits per heavy atom. The van der Waals surface area contributed by atoms with Gasteiger partial charge in [0.1, 0.15) is 11.5 Å². The number of rotatable bonds is 4. The molecule has 1 heterocycles. The first kappa shape index (κ1) is 16.8. The minimum atomic E-state index is -0.184. The molecule has 4 N–H and O–H groups in total. The standard InChI is InChI=1S/C19H23NO4/c1-20-5-4-13-8-15(11-22)19(24)9-16(13)17(20)6-12-2-3-14(10-21)18(23)7-12/h2-3,7-9,17,21-24H,4-6,10-11H2,1H3. The molecule has 0 bridgehead atoms. The summed E-state index contributed by atoms with van der Waals surface area (Å²) in [6.45, 7) is 0.542. The lowest BCUT2D eigenvalue weighted by Crippen LogP contribution is -2.33. The summed E-state index contributed by atoms with van der Waals surface area (Å²) in [5, 5.41) is 38.6. The summed E-state index contributed by atoms with van der Waals surface area (Å²) in [5.74, 6) is 0.224. The van der Waals surface area contributed by atoms with Crippen LogP contribution in [0.4, 0.5) is 0 Å². The van der Waals surface area contributed by atoms with Crippen molar-refractivity contribution in [2.45, 2.75) is 32.1 Å². The third kappa shape index (κ3) is 3.11. The molecule has 0 fully saturated rings. The second-order valence-corrected chi connectivity index (χ2v) is 6.41. The van der Waals surface area contributed by atoms with Crippen LogP contribution in [0.1, 0.15) is 33.9 Å². The van der Waals surface area contributed by atoms with Crippen LogP contribution in [-0.4, -0.2) is 38.9 Å². The van der Waals surface area contributed by atoms with Crippen molar-refractivity contribution in [3.63, 3.8) is 0 Å². The first-order chi connectivity index (χ1) is 11.5. The molecule has 5 nitrogen and oxygen atoms in total. The Morgan fingerprint density at radius 1 is 1.00 bits per heavy atom. The number of aliphatic hydroxyl groups excluding tert-OH is 2. The van der Waals surface area contributed by atoms with E-state index in [1.54, 1.807) is 18.2 Å². The Hall–Kier alpha value is -2.08. The van der Waals surface area contributed by atoms with Crippen LogP contribution < -0.4 is 0 Å². The van der Waals surface area contributed by atoms with Gasteiger partial charge in [-0.05, 0) is 54.8 Å². The van der Waals surface area contributed by atoms with E-state index < -0.39 is 0 Å². The SMILES string of the molecule is CN1CCc2cc(CO)c(O)cc2C1Cc1ccc(CO)c(O)c1. The number of fused-ring (bicyclic) bond motifs is 1. The lowest BCUT2D eigenvalue weighted by Gasteiger charge is -2.35. The van der Waals surface area contributed by atoms with Crippen molar-refractivity contribution in [2.75, 3.05) is 13.6 Å². The molecule has 0 saturated heterocycles. The van der Waals surface area contributed by atoms with Gasteiger partial charge >= 0.3 is 0 Å². The quantitative estimate of drug-likeness (QED) is 0.688. The molecule has 128 valence electrons. The fourth-order valence-corrected chi connectivity index (χ4v) is 3.40. The molecule has 3 rings (SSSR count). The Kier molecular flexibility index (Phi) is 4.76. The Morgan fingerprint density at radius 2 is 1.71 bits per heavy atom. The van der Waals surface area contributed by atoms with E-state index in [1.165, 1.54) is 0 Å². The van der Waals surface area contributed by atoms with Crippen LogP contribution in [0, 0.1) is 0 Å². The summed E-state index contributed by atoms with van der Waals surface area (Å²) >= 11 is 0. The minimum Gasteiger partial charge on any atom is -0.508 e. The normalized spacial score (nSPS) is 17.7. The maximum absolute atomic E-state index is 10.1. The summed E-state index contributed by atoms with van der Waals surface area (Å²) in [6.07, 6.45) is 1.57. The van der Waals surface area contributed by atoms with Gasteiger partial charge in [-0.3, -0.25) is 4.90 Å². The van der Waals surface area contributed by atoms with Gasteiger partial charge in [0.25, 0.3) is 0 Å². The van der Waals surface area contributed by atoms with Gasteiger partial charge < -0.3 is 20.4 Å². The van der Waals surface area contributed by atoms with E-state index in [-0.39, 0.29) is 30.8 Å². The van der Waals surface area contributed by atoms with Gasteiger partial charge in [-0.1, -0.05) is 12.1 Å². The average Bonchev–Trinajstić information content (AvgIpc) is 2.57. The summed E-state index contributed by atoms with van der Waals surface area (Å²) < 4.78 is 0. The van der Waals surface area contributed by atoms with Gasteiger partial charge in [-0.15, -0.1) is 0 Å². The molecule has 0 spiro atoms. The highest BCUT2D eigenvalue weighted by molar-refractivity contribution is 5.45. The molecule has 0 aliphatic carbocycles. The number of nitrogens with zero attached hydrogens (tertiary/aromatic N) is 1. The van der Waals surface area contributed by atoms with Crippen LogP contribution >= 0.6 is 0 Å². The number of hydrogen-bond acceptors (Lipinski definition) is 5. The molecule has 1 atom stereocenters. The van der Waals surface area contributed by atoms with Crippen LogP contribution in [0.3, 0.4) is 0 Å². The van der Waals surface area contributed by atoms with Crippen molar-refractivity contribution in [3.05, 3.63) is 58.1 Å². The van der Waals surface area contributed by atoms with Crippen molar-refractivity contribution >= 4 is 0 Å². The second-order valence-electron chi connectivity index (χ2n) is 6.41. The van der Waals surface area contributed by atoms with Crippen LogP contribution in [0.25, 0.3) is 0 Å². The molecule has 1 unspecified atom stereocenters. The summed E-state index contributed by atoms with van der Waals surface area (Å²) in [7, 11) is 2.05. The highest BCUT2D eigenvalue weighted by Gasteiger charge is 2.26. The lowest BCUT2D eigenvalue weighted by atomic mass is 9.87. The first-order valence-corrected chi connectivity index (χ1v) is 8.11. The smallest absolute Gasteiger partial charge is 0.121 e. The number of benzene rings is 2. The summed E-state index contributed by atoms with van der Waals surface area (Å²) in [5.41, 5.74) is 4.25. The average molecular weight is 329 g/mol. The molecule has 24 heavy (non-hydrogen) atoms. The van der Waals surface area contributed by atoms with Gasteiger partial charge in [0.15, 0.2) is 0 Å². The van der Waals surface area contributed by atoms with Crippen molar-refractivity contribution in [1.29, 1.82) is 0 Å². The molecule has 0 aromatic heterocycles. The Labute approximate surface area is 141 Å². The van der Waals surface area contributed by atoms with Gasteiger partial charge in [-0.25, -0.2) is 0 Å². The first-order valence-electron chi connectivity index (χ1n) is 8.11. The monoisotopic (exact) mass is 329 g/mol. The number of hydrogen-bond donors (Lipinski definition) is 4. The molecule has 0 radical (unpaired) electrons. The molecule has 0 saturated carbocycles. The van der Waals surface area contributed by atoms with Crippen LogP contribution in [0.5, 0.6) is 11.5 Å². The second kappa shape index (κ2) is 6.81. The zero-order valence-corrected chi connectivity index (χ0v) is 13.7. The van der Waals surface area contributed by atoms with Crippen molar-refractivity contribution in [1.82, 2.24) is 4.90 Å². The molecular formula is C19H23NO4. The van der Waals surface area contributed by atoms with Gasteiger partial charge in [0, 0.05) is 23.7 Å². The third-order valence-electron chi connectivity index (χ3n) is 4.88. The van der Waals surface area contributed by atoms with Crippen LogP contribution in [0.15, 0.2) is 30.3 Å². The van der Waals surface area contributed by atoms with E-state index in [4.69, 9.17) is 5.11 Å². The molecule has 1 aliphatic heterocycles. The molecule has 0 amide bonds. The molecular weight excluding hydrogens is 306 g/mol. The zero-order valence-electron chi connectivity index (χ0n) is 13.7. The number of aromatic hydroxyl groups is 2.